The molecule has 4 atom stereocenters. The first-order valence-electron chi connectivity index (χ1n) is 12.6. The Morgan fingerprint density at radius 2 is 1.76 bits per heavy atom. The van der Waals surface area contributed by atoms with E-state index in [1.807, 2.05) is 19.1 Å². The van der Waals surface area contributed by atoms with E-state index in [0.717, 1.165) is 5.57 Å². The number of Topliss-reactive ketones (excluding diaryl/α,β-unsaturated/α-hetero) is 1. The van der Waals surface area contributed by atoms with E-state index in [9.17, 15) is 24.3 Å². The lowest BCUT2D eigenvalue weighted by atomic mass is 9.61. The van der Waals surface area contributed by atoms with E-state index in [1.165, 1.54) is 25.2 Å². The number of hydrogen-bond donors (Lipinski definition) is 1. The van der Waals surface area contributed by atoms with Crippen LogP contribution >= 0.6 is 15.9 Å². The van der Waals surface area contributed by atoms with Gasteiger partial charge in [-0.25, -0.2) is 0 Å². The first-order valence-corrected chi connectivity index (χ1v) is 13.4. The fraction of sp³-hybridized carbons (Fsp3) is 0.379. The van der Waals surface area contributed by atoms with Crippen LogP contribution in [0, 0.1) is 23.7 Å². The van der Waals surface area contributed by atoms with Crippen LogP contribution in [-0.2, 0) is 19.2 Å². The standard InChI is InChI=1S/C29H28BrNO7/c1-4-9-31-28(35)17-8-7-15-16(6-5-14-10-22(37-2)27(34)23(11-14)38-3)24-19(12-18(15)25(17)29(31)36)26(33)20(30)13-21(24)32/h5-7,10-11,13,16-18,25,34H,4,8-9,12H2,1-3H3. The molecule has 4 aliphatic rings. The third-order valence-corrected chi connectivity index (χ3v) is 8.49. The van der Waals surface area contributed by atoms with Crippen LogP contribution in [0.15, 0.2) is 51.6 Å². The third-order valence-electron chi connectivity index (χ3n) is 7.90. The number of likely N-dealkylation sites (tertiary alicyclic amines) is 1. The van der Waals surface area contributed by atoms with Gasteiger partial charge in [0.25, 0.3) is 0 Å². The van der Waals surface area contributed by atoms with Crippen molar-refractivity contribution < 1.29 is 33.8 Å². The van der Waals surface area contributed by atoms with Crippen molar-refractivity contribution in [1.29, 1.82) is 0 Å². The maximum absolute atomic E-state index is 13.4. The van der Waals surface area contributed by atoms with Crippen molar-refractivity contribution in [3.05, 3.63) is 57.1 Å². The van der Waals surface area contributed by atoms with Crippen LogP contribution in [0.4, 0.5) is 0 Å². The molecule has 1 aromatic rings. The lowest BCUT2D eigenvalue weighted by molar-refractivity contribution is -0.140. The van der Waals surface area contributed by atoms with Gasteiger partial charge in [0.1, 0.15) is 0 Å². The molecule has 1 fully saturated rings. The number of rotatable bonds is 6. The minimum absolute atomic E-state index is 0.125. The molecule has 3 aliphatic carbocycles. The molecule has 1 aromatic carbocycles. The molecule has 4 unspecified atom stereocenters. The van der Waals surface area contributed by atoms with E-state index in [2.05, 4.69) is 15.9 Å². The Morgan fingerprint density at radius 1 is 1.08 bits per heavy atom. The average molecular weight is 582 g/mol. The number of imide groups is 1. The maximum Gasteiger partial charge on any atom is 0.233 e. The van der Waals surface area contributed by atoms with Crippen LogP contribution < -0.4 is 9.47 Å². The molecule has 9 heteroatoms. The summed E-state index contributed by atoms with van der Waals surface area (Å²) in [5, 5.41) is 10.3. The molecule has 0 saturated carbocycles. The predicted octanol–water partition coefficient (Wildman–Crippen LogP) is 4.13. The Morgan fingerprint density at radius 3 is 2.39 bits per heavy atom. The second-order valence-electron chi connectivity index (χ2n) is 9.90. The molecule has 5 rings (SSSR count). The Bertz CT molecular complexity index is 1360. The second kappa shape index (κ2) is 10.0. The molecule has 38 heavy (non-hydrogen) atoms. The van der Waals surface area contributed by atoms with Crippen molar-refractivity contribution in [3.8, 4) is 17.2 Å². The summed E-state index contributed by atoms with van der Waals surface area (Å²) in [5.74, 6) is -2.46. The van der Waals surface area contributed by atoms with Crippen LogP contribution in [-0.4, -0.2) is 54.2 Å². The number of carbonyl (C=O) groups is 4. The van der Waals surface area contributed by atoms with Crippen molar-refractivity contribution in [3.63, 3.8) is 0 Å². The highest BCUT2D eigenvalue weighted by atomic mass is 79.9. The van der Waals surface area contributed by atoms with Gasteiger partial charge in [-0.3, -0.25) is 24.1 Å². The minimum atomic E-state index is -0.555. The first-order chi connectivity index (χ1) is 18.2. The fourth-order valence-electron chi connectivity index (χ4n) is 6.21. The number of nitrogens with zero attached hydrogens (tertiary/aromatic N) is 1. The summed E-state index contributed by atoms with van der Waals surface area (Å²) in [7, 11) is 2.87. The number of methoxy groups -OCH3 is 2. The smallest absolute Gasteiger partial charge is 0.233 e. The largest absolute Gasteiger partial charge is 0.502 e. The van der Waals surface area contributed by atoms with Gasteiger partial charge in [0.05, 0.1) is 30.5 Å². The van der Waals surface area contributed by atoms with Gasteiger partial charge < -0.3 is 14.6 Å². The zero-order chi connectivity index (χ0) is 27.3. The van der Waals surface area contributed by atoms with E-state index in [0.29, 0.717) is 36.1 Å². The highest BCUT2D eigenvalue weighted by Crippen LogP contribution is 2.53. The van der Waals surface area contributed by atoms with Crippen molar-refractivity contribution in [2.75, 3.05) is 20.8 Å². The van der Waals surface area contributed by atoms with Gasteiger partial charge in [0.15, 0.2) is 23.1 Å². The molecule has 0 bridgehead atoms. The maximum atomic E-state index is 13.4. The van der Waals surface area contributed by atoms with Gasteiger partial charge in [-0.15, -0.1) is 0 Å². The zero-order valence-electron chi connectivity index (χ0n) is 21.3. The highest BCUT2D eigenvalue weighted by Gasteiger charge is 2.55. The number of carbonyl (C=O) groups excluding carboxylic acids is 4. The molecule has 198 valence electrons. The SMILES string of the molecule is CCCN1C(=O)C2CC=C3C(C=Cc4cc(OC)c(O)c(OC)c4)C4=C(CC3C2C1=O)C(=O)C(Br)=CC4=O. The number of ketones is 2. The molecular weight excluding hydrogens is 554 g/mol. The van der Waals surface area contributed by atoms with Crippen LogP contribution in [0.1, 0.15) is 31.7 Å². The molecule has 0 spiro atoms. The number of benzene rings is 1. The number of phenolic OH excluding ortho intramolecular Hbond substituents is 1. The molecule has 1 saturated heterocycles. The minimum Gasteiger partial charge on any atom is -0.502 e. The number of halogens is 1. The number of aromatic hydroxyl groups is 1. The van der Waals surface area contributed by atoms with E-state index in [1.54, 1.807) is 18.2 Å². The molecule has 1 N–H and O–H groups in total. The normalized spacial score (nSPS) is 26.8. The number of allylic oxidation sites excluding steroid dienone is 7. The molecular formula is C29H28BrNO7. The number of amides is 2. The fourth-order valence-corrected chi connectivity index (χ4v) is 6.66. The van der Waals surface area contributed by atoms with Crippen molar-refractivity contribution >= 4 is 45.4 Å². The lowest BCUT2D eigenvalue weighted by Crippen LogP contribution is -2.40. The van der Waals surface area contributed by atoms with Gasteiger partial charge in [-0.2, -0.15) is 0 Å². The van der Waals surface area contributed by atoms with E-state index < -0.39 is 17.8 Å². The van der Waals surface area contributed by atoms with Gasteiger partial charge in [-0.05, 0) is 58.8 Å². The van der Waals surface area contributed by atoms with Gasteiger partial charge in [-0.1, -0.05) is 30.7 Å². The first kappa shape index (κ1) is 26.2. The quantitative estimate of drug-likeness (QED) is 0.305. The van der Waals surface area contributed by atoms with E-state index in [4.69, 9.17) is 9.47 Å². The number of fused-ring (bicyclic) bond motifs is 3. The van der Waals surface area contributed by atoms with Crippen molar-refractivity contribution in [2.24, 2.45) is 23.7 Å². The Labute approximate surface area is 228 Å². The summed E-state index contributed by atoms with van der Waals surface area (Å²) in [6.45, 7) is 2.30. The molecule has 8 nitrogen and oxygen atoms in total. The average Bonchev–Trinajstić information content (AvgIpc) is 3.15. The summed E-state index contributed by atoms with van der Waals surface area (Å²) in [4.78, 5) is 54.3. The molecule has 0 aromatic heterocycles. The number of hydrogen-bond acceptors (Lipinski definition) is 7. The molecule has 1 aliphatic heterocycles. The molecule has 1 heterocycles. The van der Waals surface area contributed by atoms with Gasteiger partial charge in [0.2, 0.25) is 17.6 Å². The summed E-state index contributed by atoms with van der Waals surface area (Å²) in [5.41, 5.74) is 2.32. The molecule has 0 radical (unpaired) electrons. The monoisotopic (exact) mass is 581 g/mol. The van der Waals surface area contributed by atoms with E-state index in [-0.39, 0.29) is 57.5 Å². The van der Waals surface area contributed by atoms with Crippen molar-refractivity contribution in [1.82, 2.24) is 4.90 Å². The van der Waals surface area contributed by atoms with Crippen LogP contribution in [0.3, 0.4) is 0 Å². The Hall–Kier alpha value is -3.46. The van der Waals surface area contributed by atoms with Crippen LogP contribution in [0.5, 0.6) is 17.2 Å². The Balaban J connectivity index is 1.60. The zero-order valence-corrected chi connectivity index (χ0v) is 22.9. The summed E-state index contributed by atoms with van der Waals surface area (Å²) < 4.78 is 10.7. The Kier molecular flexibility index (Phi) is 6.90. The number of phenols is 1. The summed E-state index contributed by atoms with van der Waals surface area (Å²) in [6, 6.07) is 3.28. The highest BCUT2D eigenvalue weighted by molar-refractivity contribution is 9.12. The summed E-state index contributed by atoms with van der Waals surface area (Å²) in [6.07, 6.45) is 8.22. The predicted molar refractivity (Wildman–Crippen MR) is 143 cm³/mol. The lowest BCUT2D eigenvalue weighted by Gasteiger charge is -2.41. The van der Waals surface area contributed by atoms with Gasteiger partial charge >= 0.3 is 0 Å². The second-order valence-corrected chi connectivity index (χ2v) is 10.8. The number of ether oxygens (including phenoxy) is 2. The van der Waals surface area contributed by atoms with Crippen molar-refractivity contribution in [2.45, 2.75) is 26.2 Å². The van der Waals surface area contributed by atoms with Crippen LogP contribution in [0.2, 0.25) is 0 Å². The topological polar surface area (TPSA) is 110 Å². The molecule has 2 amide bonds. The van der Waals surface area contributed by atoms with Gasteiger partial charge in [0, 0.05) is 29.7 Å². The third kappa shape index (κ3) is 4.04. The van der Waals surface area contributed by atoms with Crippen LogP contribution in [0.25, 0.3) is 6.08 Å². The van der Waals surface area contributed by atoms with E-state index >= 15 is 0 Å². The summed E-state index contributed by atoms with van der Waals surface area (Å²) >= 11 is 3.23.